The van der Waals surface area contributed by atoms with Crippen molar-refractivity contribution < 1.29 is 14.4 Å². The van der Waals surface area contributed by atoms with E-state index < -0.39 is 5.41 Å². The zero-order valence-corrected chi connectivity index (χ0v) is 21.0. The number of nitrogens with one attached hydrogen (secondary N) is 1. The van der Waals surface area contributed by atoms with Crippen LogP contribution in [0.1, 0.15) is 109 Å². The number of amides is 3. The first-order valence-electron chi connectivity index (χ1n) is 12.4. The van der Waals surface area contributed by atoms with E-state index in [-0.39, 0.29) is 24.1 Å². The minimum Gasteiger partial charge on any atom is -0.325 e. The summed E-state index contributed by atoms with van der Waals surface area (Å²) in [5, 5.41) is 3.18. The zero-order chi connectivity index (χ0) is 23.9. The Hall–Kier alpha value is -2.17. The van der Waals surface area contributed by atoms with Gasteiger partial charge in [0.1, 0.15) is 0 Å². The van der Waals surface area contributed by atoms with Crippen molar-refractivity contribution in [2.75, 3.05) is 10.2 Å². The van der Waals surface area contributed by atoms with Crippen LogP contribution in [-0.2, 0) is 20.8 Å². The third-order valence-electron chi connectivity index (χ3n) is 6.83. The Balaban J connectivity index is 2.06. The van der Waals surface area contributed by atoms with Crippen LogP contribution in [0.3, 0.4) is 0 Å². The molecule has 0 aromatic heterocycles. The lowest BCUT2D eigenvalue weighted by atomic mass is 9.85. The monoisotopic (exact) mass is 442 g/mol. The van der Waals surface area contributed by atoms with Crippen LogP contribution in [0.25, 0.3) is 0 Å². The minimum absolute atomic E-state index is 0.00243. The summed E-state index contributed by atoms with van der Waals surface area (Å²) in [5.74, 6) is -0.463. The molecule has 0 saturated carbocycles. The van der Waals surface area contributed by atoms with E-state index in [1.807, 2.05) is 33.8 Å². The largest absolute Gasteiger partial charge is 0.325 e. The molecule has 1 aromatic carbocycles. The number of hydrogen-bond acceptors (Lipinski definition) is 3. The summed E-state index contributed by atoms with van der Waals surface area (Å²) >= 11 is 0. The van der Waals surface area contributed by atoms with Crippen LogP contribution in [-0.4, -0.2) is 17.7 Å². The van der Waals surface area contributed by atoms with E-state index in [1.54, 1.807) is 0 Å². The molecule has 0 aliphatic carbocycles. The van der Waals surface area contributed by atoms with Gasteiger partial charge in [-0.15, -0.1) is 0 Å². The molecular formula is C27H42N2O3. The predicted molar refractivity (Wildman–Crippen MR) is 132 cm³/mol. The quantitative estimate of drug-likeness (QED) is 0.391. The maximum atomic E-state index is 13.2. The van der Waals surface area contributed by atoms with Crippen LogP contribution in [0.4, 0.5) is 11.4 Å². The van der Waals surface area contributed by atoms with Crippen LogP contribution in [0.5, 0.6) is 0 Å². The molecule has 0 radical (unpaired) electrons. The van der Waals surface area contributed by atoms with Crippen LogP contribution in [0.2, 0.25) is 0 Å². The number of rotatable bonds is 11. The molecule has 1 aliphatic heterocycles. The highest BCUT2D eigenvalue weighted by atomic mass is 16.2. The van der Waals surface area contributed by atoms with Crippen molar-refractivity contribution >= 4 is 29.1 Å². The van der Waals surface area contributed by atoms with E-state index in [1.165, 1.54) is 50.3 Å². The van der Waals surface area contributed by atoms with E-state index in [4.69, 9.17) is 0 Å². The van der Waals surface area contributed by atoms with Crippen molar-refractivity contribution in [2.45, 2.75) is 112 Å². The third kappa shape index (κ3) is 6.43. The number of benzene rings is 1. The van der Waals surface area contributed by atoms with Gasteiger partial charge in [-0.05, 0) is 43.9 Å². The summed E-state index contributed by atoms with van der Waals surface area (Å²) in [5.41, 5.74) is 3.76. The van der Waals surface area contributed by atoms with Crippen molar-refractivity contribution in [1.82, 2.24) is 0 Å². The maximum absolute atomic E-state index is 13.2. The maximum Gasteiger partial charge on any atom is 0.234 e. The topological polar surface area (TPSA) is 66.5 Å². The molecule has 0 spiro atoms. The molecule has 0 atom stereocenters. The average molecular weight is 443 g/mol. The number of aryl methyl sites for hydroxylation is 1. The van der Waals surface area contributed by atoms with Gasteiger partial charge in [-0.1, -0.05) is 72.1 Å². The van der Waals surface area contributed by atoms with E-state index >= 15 is 0 Å². The second-order valence-electron chi connectivity index (χ2n) is 10.0. The van der Waals surface area contributed by atoms with Gasteiger partial charge in [-0.3, -0.25) is 19.3 Å². The molecule has 5 heteroatoms. The van der Waals surface area contributed by atoms with E-state index in [0.29, 0.717) is 12.1 Å². The Morgan fingerprint density at radius 2 is 1.59 bits per heavy atom. The van der Waals surface area contributed by atoms with Crippen molar-refractivity contribution in [3.8, 4) is 0 Å². The van der Waals surface area contributed by atoms with Crippen molar-refractivity contribution in [3.63, 3.8) is 0 Å². The van der Waals surface area contributed by atoms with Gasteiger partial charge in [0, 0.05) is 30.0 Å². The summed E-state index contributed by atoms with van der Waals surface area (Å²) in [6.45, 7) is 11.6. The standard InChI is InChI=1S/C27H42N2O3/c1-7-8-9-10-11-12-13-14-17-27(5,6)26(32)28-25-20(3)19(2)18-23-22(25)15-16-24(31)29(23)21(4)30/h18H,7-17H2,1-6H3,(H,28,32). The Kier molecular flexibility index (Phi) is 9.47. The summed E-state index contributed by atoms with van der Waals surface area (Å²) < 4.78 is 0. The number of anilines is 2. The van der Waals surface area contributed by atoms with Gasteiger partial charge in [0.15, 0.2) is 0 Å². The lowest BCUT2D eigenvalue weighted by Gasteiger charge is -2.31. The third-order valence-corrected chi connectivity index (χ3v) is 6.83. The molecule has 178 valence electrons. The van der Waals surface area contributed by atoms with E-state index in [9.17, 15) is 14.4 Å². The highest BCUT2D eigenvalue weighted by molar-refractivity contribution is 6.16. The predicted octanol–water partition coefficient (Wildman–Crippen LogP) is 6.62. The first-order chi connectivity index (χ1) is 15.1. The Morgan fingerprint density at radius 3 is 2.19 bits per heavy atom. The smallest absolute Gasteiger partial charge is 0.234 e. The molecule has 1 N–H and O–H groups in total. The fraction of sp³-hybridized carbons (Fsp3) is 0.667. The van der Waals surface area contributed by atoms with Gasteiger partial charge in [0.2, 0.25) is 17.7 Å². The minimum atomic E-state index is -0.476. The lowest BCUT2D eigenvalue weighted by Crippen LogP contribution is -2.39. The fourth-order valence-electron chi connectivity index (χ4n) is 4.49. The van der Waals surface area contributed by atoms with Crippen LogP contribution >= 0.6 is 0 Å². The van der Waals surface area contributed by atoms with Gasteiger partial charge in [-0.2, -0.15) is 0 Å². The number of hydrogen-bond donors (Lipinski definition) is 1. The van der Waals surface area contributed by atoms with Crippen LogP contribution in [0.15, 0.2) is 6.07 Å². The molecule has 32 heavy (non-hydrogen) atoms. The number of carbonyl (C=O) groups is 3. The van der Waals surface area contributed by atoms with Gasteiger partial charge < -0.3 is 5.32 Å². The molecular weight excluding hydrogens is 400 g/mol. The first kappa shape index (κ1) is 26.1. The fourth-order valence-corrected chi connectivity index (χ4v) is 4.49. The zero-order valence-electron chi connectivity index (χ0n) is 21.0. The second-order valence-corrected chi connectivity index (χ2v) is 10.0. The van der Waals surface area contributed by atoms with Crippen molar-refractivity contribution in [1.29, 1.82) is 0 Å². The molecule has 1 aliphatic rings. The number of fused-ring (bicyclic) bond motifs is 1. The van der Waals surface area contributed by atoms with E-state index in [2.05, 4.69) is 12.2 Å². The highest BCUT2D eigenvalue weighted by Crippen LogP contribution is 2.39. The SMILES string of the molecule is CCCCCCCCCCC(C)(C)C(=O)Nc1c(C)c(C)cc2c1CCC(=O)N2C(C)=O. The summed E-state index contributed by atoms with van der Waals surface area (Å²) in [7, 11) is 0. The number of unbranched alkanes of at least 4 members (excludes halogenated alkanes) is 7. The molecule has 3 amide bonds. The lowest BCUT2D eigenvalue weighted by molar-refractivity contribution is -0.126. The van der Waals surface area contributed by atoms with Crippen LogP contribution in [0, 0.1) is 19.3 Å². The Morgan fingerprint density at radius 1 is 1.00 bits per heavy atom. The molecule has 0 unspecified atom stereocenters. The Bertz CT molecular complexity index is 842. The van der Waals surface area contributed by atoms with Crippen molar-refractivity contribution in [2.24, 2.45) is 5.41 Å². The summed E-state index contributed by atoms with van der Waals surface area (Å²) in [4.78, 5) is 39.0. The van der Waals surface area contributed by atoms with E-state index in [0.717, 1.165) is 41.6 Å². The molecule has 1 heterocycles. The molecule has 5 nitrogen and oxygen atoms in total. The average Bonchev–Trinajstić information content (AvgIpc) is 2.72. The van der Waals surface area contributed by atoms with Crippen molar-refractivity contribution in [3.05, 3.63) is 22.8 Å². The normalized spacial score (nSPS) is 13.8. The van der Waals surface area contributed by atoms with Gasteiger partial charge >= 0.3 is 0 Å². The van der Waals surface area contributed by atoms with Gasteiger partial charge in [0.25, 0.3) is 0 Å². The molecule has 1 aromatic rings. The number of nitrogens with zero attached hydrogens (tertiary/aromatic N) is 1. The number of carbonyl (C=O) groups excluding carboxylic acids is 3. The second kappa shape index (κ2) is 11.6. The van der Waals surface area contributed by atoms with Crippen LogP contribution < -0.4 is 10.2 Å². The molecule has 0 bridgehead atoms. The first-order valence-corrected chi connectivity index (χ1v) is 12.4. The van der Waals surface area contributed by atoms with Gasteiger partial charge in [-0.25, -0.2) is 0 Å². The molecule has 2 rings (SSSR count). The number of imide groups is 1. The summed E-state index contributed by atoms with van der Waals surface area (Å²) in [6, 6.07) is 1.89. The van der Waals surface area contributed by atoms with Gasteiger partial charge in [0.05, 0.1) is 5.69 Å². The molecule has 0 saturated heterocycles. The highest BCUT2D eigenvalue weighted by Gasteiger charge is 2.33. The summed E-state index contributed by atoms with van der Waals surface area (Å²) in [6.07, 6.45) is 11.6. The molecule has 0 fully saturated rings. The Labute approximate surface area is 194 Å².